The molecule has 2 unspecified atom stereocenters. The zero-order valence-electron chi connectivity index (χ0n) is 12.0. The first-order valence-corrected chi connectivity index (χ1v) is 7.02. The molecule has 1 heterocycles. The molecule has 2 atom stereocenters. The second-order valence-corrected chi connectivity index (χ2v) is 4.74. The molecule has 0 saturated heterocycles. The molecule has 4 nitrogen and oxygen atoms in total. The highest BCUT2D eigenvalue weighted by atomic mass is 16.5. The van der Waals surface area contributed by atoms with Crippen LogP contribution in [-0.2, 0) is 16.0 Å². The van der Waals surface area contributed by atoms with Gasteiger partial charge >= 0.3 is 5.97 Å². The molecule has 0 fully saturated rings. The molecular formula is C17H19NO3. The Balaban J connectivity index is 2.20. The van der Waals surface area contributed by atoms with Crippen molar-refractivity contribution >= 4 is 5.97 Å². The number of benzene rings is 1. The summed E-state index contributed by atoms with van der Waals surface area (Å²) in [6, 6.07) is 14.9. The van der Waals surface area contributed by atoms with Crippen LogP contribution in [0.1, 0.15) is 24.1 Å². The molecule has 1 aromatic heterocycles. The van der Waals surface area contributed by atoms with Crippen LogP contribution in [0.3, 0.4) is 0 Å². The molecule has 0 aliphatic heterocycles. The van der Waals surface area contributed by atoms with Gasteiger partial charge in [-0.1, -0.05) is 36.4 Å². The average molecular weight is 285 g/mol. The van der Waals surface area contributed by atoms with Crippen LogP contribution in [-0.4, -0.2) is 28.8 Å². The van der Waals surface area contributed by atoms with Gasteiger partial charge in [-0.3, -0.25) is 9.78 Å². The number of aromatic nitrogens is 1. The SMILES string of the molecule is CCOC(=O)C(c1ccccn1)C(O)Cc1ccccc1. The molecule has 1 N–H and O–H groups in total. The van der Waals surface area contributed by atoms with E-state index in [9.17, 15) is 9.90 Å². The summed E-state index contributed by atoms with van der Waals surface area (Å²) in [7, 11) is 0. The third kappa shape index (κ3) is 4.13. The molecular weight excluding hydrogens is 266 g/mol. The van der Waals surface area contributed by atoms with Crippen LogP contribution in [0.2, 0.25) is 0 Å². The zero-order valence-corrected chi connectivity index (χ0v) is 12.0. The smallest absolute Gasteiger partial charge is 0.317 e. The second kappa shape index (κ2) is 7.55. The molecule has 4 heteroatoms. The lowest BCUT2D eigenvalue weighted by atomic mass is 9.93. The third-order valence-corrected chi connectivity index (χ3v) is 3.22. The maximum atomic E-state index is 12.2. The van der Waals surface area contributed by atoms with Gasteiger partial charge in [-0.25, -0.2) is 0 Å². The van der Waals surface area contributed by atoms with Crippen LogP contribution in [0.5, 0.6) is 0 Å². The van der Waals surface area contributed by atoms with E-state index in [2.05, 4.69) is 4.98 Å². The van der Waals surface area contributed by atoms with Gasteiger partial charge in [-0.15, -0.1) is 0 Å². The highest BCUT2D eigenvalue weighted by molar-refractivity contribution is 5.78. The molecule has 21 heavy (non-hydrogen) atoms. The molecule has 0 aliphatic carbocycles. The summed E-state index contributed by atoms with van der Waals surface area (Å²) in [6.45, 7) is 2.02. The summed E-state index contributed by atoms with van der Waals surface area (Å²) < 4.78 is 5.08. The molecule has 110 valence electrons. The molecule has 0 radical (unpaired) electrons. The Hall–Kier alpha value is -2.20. The predicted octanol–water partition coefficient (Wildman–Crippen LogP) is 2.33. The fourth-order valence-electron chi connectivity index (χ4n) is 2.24. The van der Waals surface area contributed by atoms with Crippen molar-refractivity contribution < 1.29 is 14.6 Å². The standard InChI is InChI=1S/C17H19NO3/c1-2-21-17(20)16(14-10-6-7-11-18-14)15(19)12-13-8-4-3-5-9-13/h3-11,15-16,19H,2,12H2,1H3. The van der Waals surface area contributed by atoms with Crippen molar-refractivity contribution in [1.82, 2.24) is 4.98 Å². The van der Waals surface area contributed by atoms with Gasteiger partial charge in [0.1, 0.15) is 5.92 Å². The van der Waals surface area contributed by atoms with Crippen LogP contribution in [0.15, 0.2) is 54.7 Å². The summed E-state index contributed by atoms with van der Waals surface area (Å²) >= 11 is 0. The van der Waals surface area contributed by atoms with Crippen LogP contribution in [0.25, 0.3) is 0 Å². The molecule has 0 spiro atoms. The summed E-state index contributed by atoms with van der Waals surface area (Å²) in [5.74, 6) is -1.22. The van der Waals surface area contributed by atoms with Crippen molar-refractivity contribution in [2.24, 2.45) is 0 Å². The lowest BCUT2D eigenvalue weighted by Gasteiger charge is -2.21. The third-order valence-electron chi connectivity index (χ3n) is 3.22. The molecule has 2 rings (SSSR count). The maximum Gasteiger partial charge on any atom is 0.317 e. The normalized spacial score (nSPS) is 13.4. The van der Waals surface area contributed by atoms with Crippen molar-refractivity contribution in [3.05, 3.63) is 66.0 Å². The molecule has 0 saturated carbocycles. The fourth-order valence-corrected chi connectivity index (χ4v) is 2.24. The highest BCUT2D eigenvalue weighted by Gasteiger charge is 2.31. The predicted molar refractivity (Wildman–Crippen MR) is 79.8 cm³/mol. The second-order valence-electron chi connectivity index (χ2n) is 4.74. The van der Waals surface area contributed by atoms with E-state index in [1.165, 1.54) is 0 Å². The quantitative estimate of drug-likeness (QED) is 0.828. The van der Waals surface area contributed by atoms with Crippen molar-refractivity contribution in [1.29, 1.82) is 0 Å². The van der Waals surface area contributed by atoms with Crippen molar-refractivity contribution in [3.63, 3.8) is 0 Å². The maximum absolute atomic E-state index is 12.2. The number of pyridine rings is 1. The zero-order chi connectivity index (χ0) is 15.1. The largest absolute Gasteiger partial charge is 0.465 e. The Kier molecular flexibility index (Phi) is 5.46. The molecule has 0 aliphatic rings. The van der Waals surface area contributed by atoms with E-state index in [-0.39, 0.29) is 6.61 Å². The number of carbonyl (C=O) groups excluding carboxylic acids is 1. The number of ether oxygens (including phenoxy) is 1. The van der Waals surface area contributed by atoms with E-state index in [4.69, 9.17) is 4.74 Å². The fraction of sp³-hybridized carbons (Fsp3) is 0.294. The van der Waals surface area contributed by atoms with E-state index in [1.54, 1.807) is 31.3 Å². The van der Waals surface area contributed by atoms with Gasteiger partial charge in [0.15, 0.2) is 0 Å². The Morgan fingerprint density at radius 3 is 2.52 bits per heavy atom. The molecule has 0 amide bonds. The topological polar surface area (TPSA) is 59.4 Å². The number of carbonyl (C=O) groups is 1. The number of hydrogen-bond donors (Lipinski definition) is 1. The van der Waals surface area contributed by atoms with E-state index < -0.39 is 18.0 Å². The van der Waals surface area contributed by atoms with E-state index >= 15 is 0 Å². The summed E-state index contributed by atoms with van der Waals surface area (Å²) in [5, 5.41) is 10.5. The summed E-state index contributed by atoms with van der Waals surface area (Å²) in [4.78, 5) is 16.3. The average Bonchev–Trinajstić information content (AvgIpc) is 2.50. The number of nitrogens with zero attached hydrogens (tertiary/aromatic N) is 1. The van der Waals surface area contributed by atoms with E-state index in [1.807, 2.05) is 30.3 Å². The van der Waals surface area contributed by atoms with Crippen LogP contribution < -0.4 is 0 Å². The van der Waals surface area contributed by atoms with Crippen molar-refractivity contribution in [3.8, 4) is 0 Å². The van der Waals surface area contributed by atoms with Gasteiger partial charge < -0.3 is 9.84 Å². The Morgan fingerprint density at radius 2 is 1.90 bits per heavy atom. The monoisotopic (exact) mass is 285 g/mol. The number of aliphatic hydroxyl groups excluding tert-OH is 1. The number of rotatable bonds is 6. The molecule has 1 aromatic carbocycles. The number of esters is 1. The summed E-state index contributed by atoms with van der Waals surface area (Å²) in [5.41, 5.74) is 1.50. The van der Waals surface area contributed by atoms with Gasteiger partial charge in [0.05, 0.1) is 18.4 Å². The molecule has 0 bridgehead atoms. The van der Waals surface area contributed by atoms with Gasteiger partial charge in [0.25, 0.3) is 0 Å². The van der Waals surface area contributed by atoms with Crippen LogP contribution in [0.4, 0.5) is 0 Å². The minimum atomic E-state index is -0.874. The Bertz CT molecular complexity index is 557. The highest BCUT2D eigenvalue weighted by Crippen LogP contribution is 2.22. The van der Waals surface area contributed by atoms with Crippen molar-refractivity contribution in [2.75, 3.05) is 6.61 Å². The summed E-state index contributed by atoms with van der Waals surface area (Å²) in [6.07, 6.45) is 1.11. The minimum absolute atomic E-state index is 0.278. The number of hydrogen-bond acceptors (Lipinski definition) is 4. The first-order chi connectivity index (χ1) is 10.2. The first-order valence-electron chi connectivity index (χ1n) is 7.02. The van der Waals surface area contributed by atoms with E-state index in [0.717, 1.165) is 5.56 Å². The Morgan fingerprint density at radius 1 is 1.19 bits per heavy atom. The van der Waals surface area contributed by atoms with Gasteiger partial charge in [0.2, 0.25) is 0 Å². The van der Waals surface area contributed by atoms with Crippen LogP contribution >= 0.6 is 0 Å². The Labute approximate surface area is 124 Å². The molecule has 2 aromatic rings. The van der Waals surface area contributed by atoms with Gasteiger partial charge in [-0.05, 0) is 31.0 Å². The first kappa shape index (κ1) is 15.2. The minimum Gasteiger partial charge on any atom is -0.465 e. The number of aliphatic hydroxyl groups is 1. The van der Waals surface area contributed by atoms with Crippen LogP contribution in [0, 0.1) is 0 Å². The van der Waals surface area contributed by atoms with E-state index in [0.29, 0.717) is 12.1 Å². The lowest BCUT2D eigenvalue weighted by Crippen LogP contribution is -2.30. The lowest BCUT2D eigenvalue weighted by molar-refractivity contribution is -0.147. The van der Waals surface area contributed by atoms with Gasteiger partial charge in [0, 0.05) is 6.20 Å². The van der Waals surface area contributed by atoms with Crippen molar-refractivity contribution in [2.45, 2.75) is 25.4 Å². The van der Waals surface area contributed by atoms with Gasteiger partial charge in [-0.2, -0.15) is 0 Å².